The number of rotatable bonds is 3. The van der Waals surface area contributed by atoms with Crippen molar-refractivity contribution in [2.24, 2.45) is 0 Å². The number of fused-ring (bicyclic) bond motifs is 2. The van der Waals surface area contributed by atoms with Gasteiger partial charge in [-0.1, -0.05) is 0 Å². The highest BCUT2D eigenvalue weighted by molar-refractivity contribution is 6.11. The second kappa shape index (κ2) is 5.92. The van der Waals surface area contributed by atoms with Gasteiger partial charge in [0.15, 0.2) is 17.3 Å². The molecule has 0 spiro atoms. The van der Waals surface area contributed by atoms with E-state index in [9.17, 15) is 4.79 Å². The first-order valence-electron chi connectivity index (χ1n) is 7.81. The number of carbonyl (C=O) groups is 1. The van der Waals surface area contributed by atoms with Gasteiger partial charge in [0.25, 0.3) is 0 Å². The average molecular weight is 323 g/mol. The fraction of sp³-hybridized carbons (Fsp3) is 0.211. The number of methoxy groups -OCH3 is 1. The second-order valence-electron chi connectivity index (χ2n) is 5.73. The number of ether oxygens (including phenoxy) is 3. The normalized spacial score (nSPS) is 16.9. The summed E-state index contributed by atoms with van der Waals surface area (Å²) in [4.78, 5) is 12.6. The molecule has 0 aromatic heterocycles. The number of carbonyl (C=O) groups excluding carboxylic acids is 1. The Hall–Kier alpha value is -2.95. The van der Waals surface area contributed by atoms with Crippen molar-refractivity contribution in [3.63, 3.8) is 0 Å². The molecule has 0 radical (unpaired) electrons. The van der Waals surface area contributed by atoms with E-state index < -0.39 is 0 Å². The van der Waals surface area contributed by atoms with Crippen molar-refractivity contribution in [3.8, 4) is 17.2 Å². The van der Waals surface area contributed by atoms with Gasteiger partial charge < -0.3 is 19.5 Å². The van der Waals surface area contributed by atoms with Crippen molar-refractivity contribution in [1.82, 2.24) is 0 Å². The number of benzene rings is 2. The van der Waals surface area contributed by atoms with Gasteiger partial charge in [-0.25, -0.2) is 0 Å². The van der Waals surface area contributed by atoms with E-state index >= 15 is 0 Å². The SMILES string of the molecule is COc1ccc2c(c1)CC/C(=C/Nc1ccc3c(c1)OCO3)C2=O. The predicted molar refractivity (Wildman–Crippen MR) is 89.9 cm³/mol. The monoisotopic (exact) mass is 323 g/mol. The van der Waals surface area contributed by atoms with Gasteiger partial charge in [0.1, 0.15) is 5.75 Å². The highest BCUT2D eigenvalue weighted by Gasteiger charge is 2.22. The third-order valence-electron chi connectivity index (χ3n) is 4.30. The molecule has 0 bridgehead atoms. The molecule has 24 heavy (non-hydrogen) atoms. The van der Waals surface area contributed by atoms with Crippen molar-refractivity contribution in [1.29, 1.82) is 0 Å². The summed E-state index contributed by atoms with van der Waals surface area (Å²) in [7, 11) is 1.63. The van der Waals surface area contributed by atoms with Gasteiger partial charge in [0.2, 0.25) is 6.79 Å². The summed E-state index contributed by atoms with van der Waals surface area (Å²) in [5.74, 6) is 2.30. The van der Waals surface area contributed by atoms with Gasteiger partial charge in [-0.2, -0.15) is 0 Å². The van der Waals surface area contributed by atoms with Crippen LogP contribution in [0.5, 0.6) is 17.2 Å². The molecule has 1 heterocycles. The number of anilines is 1. The lowest BCUT2D eigenvalue weighted by molar-refractivity contribution is 0.102. The Balaban J connectivity index is 1.54. The number of allylic oxidation sites excluding steroid dienone is 1. The minimum absolute atomic E-state index is 0.0622. The number of hydrogen-bond donors (Lipinski definition) is 1. The van der Waals surface area contributed by atoms with E-state index in [1.807, 2.05) is 36.4 Å². The van der Waals surface area contributed by atoms with Gasteiger partial charge in [-0.3, -0.25) is 4.79 Å². The maximum atomic E-state index is 12.6. The Morgan fingerprint density at radius 3 is 2.83 bits per heavy atom. The largest absolute Gasteiger partial charge is 0.497 e. The molecule has 2 aromatic rings. The smallest absolute Gasteiger partial charge is 0.231 e. The van der Waals surface area contributed by atoms with Crippen molar-refractivity contribution in [3.05, 3.63) is 59.3 Å². The fourth-order valence-electron chi connectivity index (χ4n) is 2.98. The van der Waals surface area contributed by atoms with Crippen molar-refractivity contribution >= 4 is 11.5 Å². The zero-order valence-electron chi connectivity index (χ0n) is 13.3. The Labute approximate surface area is 139 Å². The van der Waals surface area contributed by atoms with Gasteiger partial charge in [0, 0.05) is 29.1 Å². The van der Waals surface area contributed by atoms with E-state index in [-0.39, 0.29) is 12.6 Å². The van der Waals surface area contributed by atoms with Gasteiger partial charge >= 0.3 is 0 Å². The quantitative estimate of drug-likeness (QED) is 0.876. The highest BCUT2D eigenvalue weighted by atomic mass is 16.7. The average Bonchev–Trinajstić information content (AvgIpc) is 3.08. The van der Waals surface area contributed by atoms with E-state index in [0.717, 1.165) is 40.3 Å². The topological polar surface area (TPSA) is 56.8 Å². The standard InChI is InChI=1S/C19H17NO4/c1-22-15-5-6-16-12(8-15)2-3-13(19(16)21)10-20-14-4-7-17-18(9-14)24-11-23-17/h4-10,20H,2-3,11H2,1H3/b13-10-. The van der Waals surface area contributed by atoms with Crippen LogP contribution in [0.15, 0.2) is 48.2 Å². The van der Waals surface area contributed by atoms with Gasteiger partial charge in [-0.05, 0) is 48.7 Å². The molecule has 0 fully saturated rings. The van der Waals surface area contributed by atoms with Crippen LogP contribution in [-0.4, -0.2) is 19.7 Å². The molecule has 122 valence electrons. The second-order valence-corrected chi connectivity index (χ2v) is 5.73. The summed E-state index contributed by atoms with van der Waals surface area (Å²) in [6.45, 7) is 0.249. The number of ketones is 1. The Morgan fingerprint density at radius 2 is 1.96 bits per heavy atom. The van der Waals surface area contributed by atoms with E-state index in [1.165, 1.54) is 0 Å². The molecule has 0 saturated heterocycles. The lowest BCUT2D eigenvalue weighted by Crippen LogP contribution is -2.15. The van der Waals surface area contributed by atoms with Crippen LogP contribution < -0.4 is 19.5 Å². The summed E-state index contributed by atoms with van der Waals surface area (Å²) < 4.78 is 15.9. The van der Waals surface area contributed by atoms with Crippen LogP contribution in [-0.2, 0) is 6.42 Å². The zero-order chi connectivity index (χ0) is 16.5. The van der Waals surface area contributed by atoms with Gasteiger partial charge in [-0.15, -0.1) is 0 Å². The molecule has 2 aromatic carbocycles. The molecule has 5 heteroatoms. The number of Topliss-reactive ketones (excluding diaryl/α,β-unsaturated/α-hetero) is 1. The molecule has 1 N–H and O–H groups in total. The third-order valence-corrected chi connectivity index (χ3v) is 4.30. The molecule has 0 amide bonds. The van der Waals surface area contributed by atoms with E-state index in [4.69, 9.17) is 14.2 Å². The lowest BCUT2D eigenvalue weighted by Gasteiger charge is -2.18. The minimum Gasteiger partial charge on any atom is -0.497 e. The number of hydrogen-bond acceptors (Lipinski definition) is 5. The molecule has 4 rings (SSSR count). The maximum absolute atomic E-state index is 12.6. The molecule has 0 atom stereocenters. The van der Waals surface area contributed by atoms with E-state index in [0.29, 0.717) is 12.2 Å². The van der Waals surface area contributed by atoms with Crippen LogP contribution in [0.1, 0.15) is 22.3 Å². The molecule has 1 aliphatic heterocycles. The first-order valence-corrected chi connectivity index (χ1v) is 7.81. The van der Waals surface area contributed by atoms with E-state index in [2.05, 4.69) is 5.32 Å². The summed E-state index contributed by atoms with van der Waals surface area (Å²) in [6, 6.07) is 11.2. The molecule has 5 nitrogen and oxygen atoms in total. The van der Waals surface area contributed by atoms with Crippen molar-refractivity contribution < 1.29 is 19.0 Å². The molecule has 0 unspecified atom stereocenters. The Morgan fingerprint density at radius 1 is 1.08 bits per heavy atom. The maximum Gasteiger partial charge on any atom is 0.231 e. The Kier molecular flexibility index (Phi) is 3.61. The third kappa shape index (κ3) is 2.58. The molecule has 2 aliphatic rings. The zero-order valence-corrected chi connectivity index (χ0v) is 13.3. The molecule has 0 saturated carbocycles. The van der Waals surface area contributed by atoms with Crippen LogP contribution in [0, 0.1) is 0 Å². The number of aryl methyl sites for hydroxylation is 1. The van der Waals surface area contributed by atoms with Crippen LogP contribution in [0.25, 0.3) is 0 Å². The summed E-state index contributed by atoms with van der Waals surface area (Å²) in [6.07, 6.45) is 3.32. The predicted octanol–water partition coefficient (Wildman–Crippen LogP) is 3.55. The number of nitrogens with one attached hydrogen (secondary N) is 1. The summed E-state index contributed by atoms with van der Waals surface area (Å²) in [5.41, 5.74) is 3.42. The minimum atomic E-state index is 0.0622. The fourth-order valence-corrected chi connectivity index (χ4v) is 2.98. The van der Waals surface area contributed by atoms with Crippen molar-refractivity contribution in [2.75, 3.05) is 19.2 Å². The summed E-state index contributed by atoms with van der Waals surface area (Å²) in [5, 5.41) is 3.18. The van der Waals surface area contributed by atoms with Crippen molar-refractivity contribution in [2.45, 2.75) is 12.8 Å². The van der Waals surface area contributed by atoms with Crippen LogP contribution in [0.2, 0.25) is 0 Å². The highest BCUT2D eigenvalue weighted by Crippen LogP contribution is 2.34. The van der Waals surface area contributed by atoms with Gasteiger partial charge in [0.05, 0.1) is 7.11 Å². The molecular formula is C19H17NO4. The molecular weight excluding hydrogens is 306 g/mol. The van der Waals surface area contributed by atoms with Crippen LogP contribution in [0.4, 0.5) is 5.69 Å². The van der Waals surface area contributed by atoms with E-state index in [1.54, 1.807) is 13.3 Å². The first-order chi connectivity index (χ1) is 11.7. The summed E-state index contributed by atoms with van der Waals surface area (Å²) >= 11 is 0. The Bertz CT molecular complexity index is 841. The molecule has 1 aliphatic carbocycles. The van der Waals surface area contributed by atoms with Crippen LogP contribution in [0.3, 0.4) is 0 Å². The first kappa shape index (κ1) is 14.6. The lowest BCUT2D eigenvalue weighted by atomic mass is 9.87. The van der Waals surface area contributed by atoms with Crippen LogP contribution >= 0.6 is 0 Å².